The van der Waals surface area contributed by atoms with Crippen molar-refractivity contribution in [1.29, 1.82) is 0 Å². The molecular weight excluding hydrogens is 524 g/mol. The Morgan fingerprint density at radius 1 is 0.974 bits per heavy atom. The van der Waals surface area contributed by atoms with E-state index in [2.05, 4.69) is 10.6 Å². The van der Waals surface area contributed by atoms with E-state index in [1.165, 1.54) is 30.6 Å². The second kappa shape index (κ2) is 13.5. The van der Waals surface area contributed by atoms with Crippen LogP contribution in [0, 0.1) is 10.1 Å². The third kappa shape index (κ3) is 7.46. The van der Waals surface area contributed by atoms with Crippen LogP contribution in [0.15, 0.2) is 77.5 Å². The van der Waals surface area contributed by atoms with Crippen molar-refractivity contribution in [2.75, 3.05) is 7.11 Å². The molecule has 11 heteroatoms. The van der Waals surface area contributed by atoms with Gasteiger partial charge in [0.05, 0.1) is 28.6 Å². The number of amides is 2. The van der Waals surface area contributed by atoms with Gasteiger partial charge in [-0.3, -0.25) is 14.9 Å². The molecule has 38 heavy (non-hydrogen) atoms. The number of thiophene rings is 1. The Kier molecular flexibility index (Phi) is 10.1. The molecule has 4 rings (SSSR count). The average molecular weight is 553 g/mol. The maximum absolute atomic E-state index is 13.5. The van der Waals surface area contributed by atoms with Gasteiger partial charge in [-0.25, -0.2) is 9.78 Å². The third-order valence-electron chi connectivity index (χ3n) is 5.59. The van der Waals surface area contributed by atoms with Gasteiger partial charge in [0.2, 0.25) is 5.91 Å². The first-order chi connectivity index (χ1) is 17.9. The normalized spacial score (nSPS) is 12.0. The molecule has 0 aliphatic rings. The molecule has 2 atom stereocenters. The predicted octanol–water partition coefficient (Wildman–Crippen LogP) is 5.78. The second-order valence-corrected chi connectivity index (χ2v) is 9.93. The number of nitro groups is 1. The summed E-state index contributed by atoms with van der Waals surface area (Å²) in [6, 6.07) is 18.1. The number of thiazole rings is 1. The van der Waals surface area contributed by atoms with Crippen LogP contribution in [0.5, 0.6) is 0 Å². The Bertz CT molecular complexity index is 1340. The molecule has 2 aromatic carbocycles. The van der Waals surface area contributed by atoms with E-state index in [0.717, 1.165) is 21.0 Å². The number of benzene rings is 2. The fraction of sp³-hybridized carbons (Fsp3) is 0.222. The lowest BCUT2D eigenvalue weighted by molar-refractivity contribution is -0.384. The highest BCUT2D eigenvalue weighted by Gasteiger charge is 2.26. The van der Waals surface area contributed by atoms with Gasteiger partial charge in [-0.05, 0) is 29.0 Å². The molecule has 0 spiro atoms. The van der Waals surface area contributed by atoms with Gasteiger partial charge >= 0.3 is 6.09 Å². The van der Waals surface area contributed by atoms with Crippen molar-refractivity contribution >= 4 is 40.4 Å². The Hall–Kier alpha value is -4.09. The van der Waals surface area contributed by atoms with E-state index in [-0.39, 0.29) is 19.5 Å². The lowest BCUT2D eigenvalue weighted by atomic mass is 10.0. The minimum absolute atomic E-state index is 0. The van der Waals surface area contributed by atoms with Crippen LogP contribution in [0.25, 0.3) is 9.88 Å². The van der Waals surface area contributed by atoms with Crippen molar-refractivity contribution in [1.82, 2.24) is 15.6 Å². The average Bonchev–Trinajstić information content (AvgIpc) is 3.61. The number of nitro benzene ring substituents is 1. The highest BCUT2D eigenvalue weighted by atomic mass is 32.1. The van der Waals surface area contributed by atoms with Crippen LogP contribution in [0.4, 0.5) is 10.5 Å². The summed E-state index contributed by atoms with van der Waals surface area (Å²) in [7, 11) is 1.24. The van der Waals surface area contributed by atoms with Crippen LogP contribution in [0.3, 0.4) is 0 Å². The number of nitrogens with zero attached hydrogens (tertiary/aromatic N) is 2. The number of methoxy groups -OCH3 is 1. The molecular formula is C27H28N4O5S2. The maximum Gasteiger partial charge on any atom is 0.407 e. The number of carbonyl (C=O) groups is 2. The Morgan fingerprint density at radius 2 is 1.68 bits per heavy atom. The fourth-order valence-electron chi connectivity index (χ4n) is 3.71. The van der Waals surface area contributed by atoms with Gasteiger partial charge in [-0.15, -0.1) is 22.7 Å². The van der Waals surface area contributed by atoms with Crippen molar-refractivity contribution in [3.05, 3.63) is 104 Å². The van der Waals surface area contributed by atoms with E-state index >= 15 is 0 Å². The standard InChI is InChI=1S/C26H24N4O5S2.CH4/c1-35-26(32)29-21(15-17-6-3-2-4-7-17)24(31)27-20(14-18-9-11-19(12-10-18)30(33)34)22-16-37-25(28-22)23-8-5-13-36-23;/h2-13,16,20-21H,14-15H2,1H3,(H,27,31)(H,29,32);1H4/t20-,21+;/m0./s1. The van der Waals surface area contributed by atoms with Crippen LogP contribution >= 0.6 is 22.7 Å². The Labute approximate surface area is 228 Å². The summed E-state index contributed by atoms with van der Waals surface area (Å²) in [4.78, 5) is 41.8. The van der Waals surface area contributed by atoms with Gasteiger partial charge < -0.3 is 15.4 Å². The minimum atomic E-state index is -0.885. The van der Waals surface area contributed by atoms with E-state index in [1.807, 2.05) is 53.2 Å². The van der Waals surface area contributed by atoms with E-state index in [1.54, 1.807) is 23.5 Å². The first kappa shape index (κ1) is 28.5. The number of hydrogen-bond donors (Lipinski definition) is 2. The Balaban J connectivity index is 0.00000400. The van der Waals surface area contributed by atoms with Crippen LogP contribution in [0.1, 0.15) is 30.3 Å². The number of rotatable bonds is 10. The molecule has 0 unspecified atom stereocenters. The SMILES string of the molecule is C.COC(=O)N[C@H](Cc1ccccc1)C(=O)N[C@@H](Cc1ccc([N+](=O)[O-])cc1)c1csc(-c2cccs2)n1. The number of aromatic nitrogens is 1. The zero-order valence-corrected chi connectivity index (χ0v) is 21.5. The molecule has 0 radical (unpaired) electrons. The molecule has 198 valence electrons. The molecule has 2 heterocycles. The van der Waals surface area contributed by atoms with Gasteiger partial charge in [-0.2, -0.15) is 0 Å². The third-order valence-corrected chi connectivity index (χ3v) is 7.49. The molecule has 0 fully saturated rings. The monoisotopic (exact) mass is 552 g/mol. The summed E-state index contributed by atoms with van der Waals surface area (Å²) in [5.74, 6) is -0.396. The lowest BCUT2D eigenvalue weighted by Gasteiger charge is -2.22. The zero-order chi connectivity index (χ0) is 26.2. The largest absolute Gasteiger partial charge is 0.453 e. The number of carbonyl (C=O) groups excluding carboxylic acids is 2. The number of non-ortho nitro benzene ring substituents is 1. The lowest BCUT2D eigenvalue weighted by Crippen LogP contribution is -2.49. The van der Waals surface area contributed by atoms with Gasteiger partial charge in [0, 0.05) is 23.9 Å². The predicted molar refractivity (Wildman–Crippen MR) is 149 cm³/mol. The van der Waals surface area contributed by atoms with Crippen LogP contribution in [0.2, 0.25) is 0 Å². The topological polar surface area (TPSA) is 123 Å². The van der Waals surface area contributed by atoms with Gasteiger partial charge in [-0.1, -0.05) is 56.0 Å². The van der Waals surface area contributed by atoms with Crippen LogP contribution in [-0.2, 0) is 22.4 Å². The number of alkyl carbamates (subject to hydrolysis) is 1. The fourth-order valence-corrected chi connectivity index (χ4v) is 5.40. The number of hydrogen-bond acceptors (Lipinski definition) is 8. The summed E-state index contributed by atoms with van der Waals surface area (Å²) in [6.45, 7) is 0. The van der Waals surface area contributed by atoms with E-state index in [0.29, 0.717) is 12.1 Å². The molecule has 9 nitrogen and oxygen atoms in total. The summed E-state index contributed by atoms with van der Waals surface area (Å²) in [5, 5.41) is 21.4. The summed E-state index contributed by atoms with van der Waals surface area (Å²) in [6.07, 6.45) is -0.0893. The maximum atomic E-state index is 13.5. The second-order valence-electron chi connectivity index (χ2n) is 8.12. The van der Waals surface area contributed by atoms with Crippen molar-refractivity contribution in [3.63, 3.8) is 0 Å². The van der Waals surface area contributed by atoms with E-state index in [4.69, 9.17) is 9.72 Å². The first-order valence-corrected chi connectivity index (χ1v) is 13.1. The number of ether oxygens (including phenoxy) is 1. The number of nitrogens with one attached hydrogen (secondary N) is 2. The van der Waals surface area contributed by atoms with Gasteiger partial charge in [0.1, 0.15) is 11.0 Å². The quantitative estimate of drug-likeness (QED) is 0.190. The smallest absolute Gasteiger partial charge is 0.407 e. The molecule has 0 aliphatic carbocycles. The minimum Gasteiger partial charge on any atom is -0.453 e. The highest BCUT2D eigenvalue weighted by Crippen LogP contribution is 2.31. The van der Waals surface area contributed by atoms with Crippen molar-refractivity contribution in [2.45, 2.75) is 32.4 Å². The molecule has 2 N–H and O–H groups in total. The molecule has 0 saturated carbocycles. The molecule has 2 amide bonds. The van der Waals surface area contributed by atoms with E-state index < -0.39 is 29.0 Å². The van der Waals surface area contributed by atoms with Crippen molar-refractivity contribution < 1.29 is 19.2 Å². The van der Waals surface area contributed by atoms with Crippen LogP contribution < -0.4 is 10.6 Å². The summed E-state index contributed by atoms with van der Waals surface area (Å²) < 4.78 is 4.73. The molecule has 0 aliphatic heterocycles. The first-order valence-electron chi connectivity index (χ1n) is 11.3. The summed E-state index contributed by atoms with van der Waals surface area (Å²) >= 11 is 3.05. The molecule has 0 saturated heterocycles. The van der Waals surface area contributed by atoms with Crippen molar-refractivity contribution in [3.8, 4) is 9.88 Å². The molecule has 4 aromatic rings. The molecule has 2 aromatic heterocycles. The zero-order valence-electron chi connectivity index (χ0n) is 19.8. The van der Waals surface area contributed by atoms with E-state index in [9.17, 15) is 19.7 Å². The molecule has 0 bridgehead atoms. The van der Waals surface area contributed by atoms with Gasteiger partial charge in [0.15, 0.2) is 0 Å². The van der Waals surface area contributed by atoms with Crippen molar-refractivity contribution in [2.24, 2.45) is 0 Å². The summed E-state index contributed by atoms with van der Waals surface area (Å²) in [5.41, 5.74) is 2.32. The Morgan fingerprint density at radius 3 is 2.32 bits per heavy atom. The van der Waals surface area contributed by atoms with Gasteiger partial charge in [0.25, 0.3) is 5.69 Å². The van der Waals surface area contributed by atoms with Crippen LogP contribution in [-0.4, -0.2) is 35.1 Å². The highest BCUT2D eigenvalue weighted by molar-refractivity contribution is 7.20.